The lowest BCUT2D eigenvalue weighted by molar-refractivity contribution is -0.366. The first-order valence-electron chi connectivity index (χ1n) is 18.8. The minimum atomic E-state index is -1.92. The molecule has 0 radical (unpaired) electrons. The summed E-state index contributed by atoms with van der Waals surface area (Å²) in [5.74, 6) is -1.24. The second-order valence-corrected chi connectivity index (χ2v) is 13.8. The van der Waals surface area contributed by atoms with E-state index in [0.29, 0.717) is 19.4 Å². The highest BCUT2D eigenvalue weighted by atomic mass is 16.7. The van der Waals surface area contributed by atoms with Gasteiger partial charge in [-0.3, -0.25) is 19.8 Å². The minimum Gasteiger partial charge on any atom is -0.394 e. The van der Waals surface area contributed by atoms with Crippen molar-refractivity contribution in [3.63, 3.8) is 0 Å². The number of Topliss-reactive ketones (excluding diaryl/α,β-unsaturated/α-hetero) is 1. The van der Waals surface area contributed by atoms with Gasteiger partial charge in [-0.25, -0.2) is 5.43 Å². The van der Waals surface area contributed by atoms with Gasteiger partial charge in [0.25, 0.3) is 5.91 Å². The second kappa shape index (κ2) is 25.6. The first kappa shape index (κ1) is 50.2. The number of carbonyl (C=O) groups excluding carboxylic acids is 3. The molecule has 58 heavy (non-hydrogen) atoms. The zero-order chi connectivity index (χ0) is 42.9. The summed E-state index contributed by atoms with van der Waals surface area (Å²) in [6.07, 6.45) is -23.5. The summed E-state index contributed by atoms with van der Waals surface area (Å²) in [6, 6.07) is -0.559. The molecule has 0 aromatic heterocycles. The van der Waals surface area contributed by atoms with Crippen molar-refractivity contribution in [2.24, 2.45) is 5.73 Å². The Morgan fingerprint density at radius 1 is 0.655 bits per heavy atom. The number of aliphatic hydroxyl groups is 10. The van der Waals surface area contributed by atoms with Crippen molar-refractivity contribution in [1.82, 2.24) is 16.2 Å². The molecule has 3 aliphatic heterocycles. The summed E-state index contributed by atoms with van der Waals surface area (Å²) in [5, 5.41) is 105. The number of nitrogens with one attached hydrogen (secondary N) is 3. The molecule has 0 aliphatic carbocycles. The van der Waals surface area contributed by atoms with Gasteiger partial charge in [-0.15, -0.1) is 0 Å². The van der Waals surface area contributed by atoms with Gasteiger partial charge in [-0.1, -0.05) is 6.42 Å². The van der Waals surface area contributed by atoms with E-state index in [4.69, 9.17) is 43.6 Å². The van der Waals surface area contributed by atoms with Gasteiger partial charge in [0.15, 0.2) is 18.9 Å². The van der Waals surface area contributed by atoms with Crippen molar-refractivity contribution >= 4 is 17.6 Å². The molecule has 2 amide bonds. The number of hydrogen-bond acceptors (Lipinski definition) is 23. The lowest BCUT2D eigenvalue weighted by atomic mass is 9.96. The average Bonchev–Trinajstić information content (AvgIpc) is 3.20. The Kier molecular flexibility index (Phi) is 22.1. The molecule has 0 bridgehead atoms. The highest BCUT2D eigenvalue weighted by Gasteiger charge is 2.52. The van der Waals surface area contributed by atoms with Crippen molar-refractivity contribution in [2.75, 3.05) is 65.9 Å². The van der Waals surface area contributed by atoms with Gasteiger partial charge in [0.1, 0.15) is 92.2 Å². The van der Waals surface area contributed by atoms with Crippen molar-refractivity contribution in [2.45, 2.75) is 124 Å². The Labute approximate surface area is 333 Å². The van der Waals surface area contributed by atoms with Crippen LogP contribution in [0.2, 0.25) is 0 Å². The van der Waals surface area contributed by atoms with Gasteiger partial charge < -0.3 is 100 Å². The van der Waals surface area contributed by atoms with E-state index in [-0.39, 0.29) is 38.8 Å². The van der Waals surface area contributed by atoms with Gasteiger partial charge in [0, 0.05) is 6.54 Å². The molecule has 3 aliphatic rings. The van der Waals surface area contributed by atoms with Crippen LogP contribution in [0.3, 0.4) is 0 Å². The molecule has 3 heterocycles. The van der Waals surface area contributed by atoms with Crippen molar-refractivity contribution in [3.8, 4) is 0 Å². The molecule has 0 spiro atoms. The number of ketones is 1. The molecule has 25 heteroatoms. The summed E-state index contributed by atoms with van der Waals surface area (Å²) in [5.41, 5.74) is 10.5. The Balaban J connectivity index is 1.48. The number of hydrogen-bond donors (Lipinski definition) is 14. The topological polar surface area (TPSA) is 389 Å². The van der Waals surface area contributed by atoms with Crippen LogP contribution in [0.5, 0.6) is 0 Å². The molecule has 0 unspecified atom stereocenters. The van der Waals surface area contributed by atoms with Crippen LogP contribution in [-0.4, -0.2) is 233 Å². The maximum atomic E-state index is 12.3. The van der Waals surface area contributed by atoms with E-state index in [1.54, 1.807) is 0 Å². The Hall–Kier alpha value is -2.19. The molecule has 16 atom stereocenters. The predicted molar refractivity (Wildman–Crippen MR) is 188 cm³/mol. The van der Waals surface area contributed by atoms with Crippen LogP contribution in [0.4, 0.5) is 0 Å². The van der Waals surface area contributed by atoms with Crippen LogP contribution in [0, 0.1) is 0 Å². The number of carbonyl (C=O) groups is 3. The summed E-state index contributed by atoms with van der Waals surface area (Å²) in [7, 11) is 0. The number of rotatable bonds is 25. The van der Waals surface area contributed by atoms with Crippen LogP contribution >= 0.6 is 0 Å². The zero-order valence-corrected chi connectivity index (χ0v) is 32.0. The molecule has 0 saturated carbocycles. The largest absolute Gasteiger partial charge is 0.394 e. The Bertz CT molecular complexity index is 1230. The molecule has 338 valence electrons. The molecule has 0 aromatic rings. The summed E-state index contributed by atoms with van der Waals surface area (Å²) < 4.78 is 43.5. The molecule has 3 fully saturated rings. The zero-order valence-electron chi connectivity index (χ0n) is 32.0. The number of hydrazine groups is 1. The fraction of sp³-hybridized carbons (Fsp3) is 0.909. The number of amides is 2. The quantitative estimate of drug-likeness (QED) is 0.0300. The van der Waals surface area contributed by atoms with Gasteiger partial charge in [0.2, 0.25) is 5.91 Å². The maximum Gasteiger partial charge on any atom is 0.260 e. The molecule has 0 aromatic carbocycles. The maximum absolute atomic E-state index is 12.3. The standard InChI is InChI=1S/C33H60N4O21/c1-15(40)16(4-2-3-5-34)36-37-21(42)14-52-9-8-51-13-20(41)35-6-7-53-32-29(50)30(58-33-28(49)26(47)23(44)18(11-39)56-33)24(45)19(57-32)12-54-31-27(48)25(46)22(43)17(10-38)55-31/h16-19,22-33,36,38-39,43-50H,2-14,34H2,1H3,(H,35,41)(H,37,42)/t16-,17+,18+,19+,22+,23+,24+,25-,26-,27-,28-,29-,30-,31-,32-,33+/m0/s1. The second-order valence-electron chi connectivity index (χ2n) is 13.8. The van der Waals surface area contributed by atoms with E-state index in [2.05, 4.69) is 16.2 Å². The molecular weight excluding hydrogens is 788 g/mol. The van der Waals surface area contributed by atoms with Crippen LogP contribution in [0.15, 0.2) is 0 Å². The summed E-state index contributed by atoms with van der Waals surface area (Å²) >= 11 is 0. The highest BCUT2D eigenvalue weighted by Crippen LogP contribution is 2.31. The number of aliphatic hydroxyl groups excluding tert-OH is 10. The van der Waals surface area contributed by atoms with Crippen molar-refractivity contribution < 1.29 is 103 Å². The highest BCUT2D eigenvalue weighted by molar-refractivity contribution is 5.82. The number of unbranched alkanes of at least 4 members (excludes halogenated alkanes) is 1. The van der Waals surface area contributed by atoms with Gasteiger partial charge in [0.05, 0.1) is 45.7 Å². The molecular formula is C33H60N4O21. The molecule has 3 saturated heterocycles. The van der Waals surface area contributed by atoms with Crippen molar-refractivity contribution in [3.05, 3.63) is 0 Å². The summed E-state index contributed by atoms with van der Waals surface area (Å²) in [4.78, 5) is 36.0. The van der Waals surface area contributed by atoms with Crippen molar-refractivity contribution in [1.29, 1.82) is 0 Å². The number of ether oxygens (including phenoxy) is 8. The SMILES string of the molecule is CC(=O)[C@H](CCCCN)NNC(=O)COCCOCC(=O)NCCO[C@H]1O[C@H](CO[C@H]2O[C@H](CO)[C@@H](O)[C@H](O)[C@@H]2O)[C@@H](O)[C@H](O[C@H]2O[C@H](CO)[C@@H](O)[C@H](O)[C@@H]2O)[C@@H]1O. The van der Waals surface area contributed by atoms with Crippen LogP contribution in [-0.2, 0) is 52.3 Å². The lowest BCUT2D eigenvalue weighted by Gasteiger charge is -2.46. The molecule has 15 N–H and O–H groups in total. The third-order valence-corrected chi connectivity index (χ3v) is 9.42. The normalized spacial score (nSPS) is 36.0. The minimum absolute atomic E-state index is 0.0349. The Morgan fingerprint density at radius 2 is 1.21 bits per heavy atom. The van der Waals surface area contributed by atoms with Gasteiger partial charge in [-0.05, 0) is 26.3 Å². The van der Waals surface area contributed by atoms with E-state index >= 15 is 0 Å². The van der Waals surface area contributed by atoms with E-state index < -0.39 is 136 Å². The summed E-state index contributed by atoms with van der Waals surface area (Å²) in [6.45, 7) is -1.58. The fourth-order valence-electron chi connectivity index (χ4n) is 6.01. The van der Waals surface area contributed by atoms with E-state index in [0.717, 1.165) is 6.42 Å². The first-order chi connectivity index (χ1) is 27.6. The van der Waals surface area contributed by atoms with Crippen LogP contribution in [0.25, 0.3) is 0 Å². The predicted octanol–water partition coefficient (Wildman–Crippen LogP) is -8.69. The van der Waals surface area contributed by atoms with Crippen LogP contribution in [0.1, 0.15) is 26.2 Å². The smallest absolute Gasteiger partial charge is 0.260 e. The molecule has 25 nitrogen and oxygen atoms in total. The fourth-order valence-corrected chi connectivity index (χ4v) is 6.01. The van der Waals surface area contributed by atoms with E-state index in [1.807, 2.05) is 0 Å². The van der Waals surface area contributed by atoms with Crippen LogP contribution < -0.4 is 21.9 Å². The monoisotopic (exact) mass is 848 g/mol. The third kappa shape index (κ3) is 14.8. The third-order valence-electron chi connectivity index (χ3n) is 9.42. The molecule has 3 rings (SSSR count). The van der Waals surface area contributed by atoms with E-state index in [1.165, 1.54) is 6.92 Å². The van der Waals surface area contributed by atoms with Gasteiger partial charge in [-0.2, -0.15) is 0 Å². The lowest BCUT2D eigenvalue weighted by Crippen LogP contribution is -2.65. The Morgan fingerprint density at radius 3 is 1.79 bits per heavy atom. The number of nitrogens with two attached hydrogens (primary N) is 1. The first-order valence-corrected chi connectivity index (χ1v) is 18.8. The van der Waals surface area contributed by atoms with Gasteiger partial charge >= 0.3 is 0 Å². The van der Waals surface area contributed by atoms with E-state index in [9.17, 15) is 65.4 Å². The average molecular weight is 849 g/mol.